The predicted octanol–water partition coefficient (Wildman–Crippen LogP) is 3.70. The van der Waals surface area contributed by atoms with Crippen molar-refractivity contribution in [1.29, 1.82) is 0 Å². The maximum absolute atomic E-state index is 11.4. The third-order valence-electron chi connectivity index (χ3n) is 4.33. The van der Waals surface area contributed by atoms with Crippen LogP contribution in [0.1, 0.15) is 56.9 Å². The molecule has 0 radical (unpaired) electrons. The van der Waals surface area contributed by atoms with Crippen LogP contribution >= 0.6 is 23.2 Å². The molecule has 0 aliphatic rings. The summed E-state index contributed by atoms with van der Waals surface area (Å²) in [6, 6.07) is 4.79. The fraction of sp³-hybridized carbons (Fsp3) is 0.556. The molecule has 4 N–H and O–H groups in total. The third-order valence-corrected chi connectivity index (χ3v) is 4.90. The average molecular weight is 407 g/mol. The first-order valence-corrected chi connectivity index (χ1v) is 9.17. The average Bonchev–Trinajstić information content (AvgIpc) is 2.51. The number of carboxylic acids is 2. The van der Waals surface area contributed by atoms with Gasteiger partial charge in [-0.15, -0.1) is 0 Å². The Balaban J connectivity index is 3.11. The van der Waals surface area contributed by atoms with E-state index in [2.05, 4.69) is 0 Å². The number of hydrogen-bond donors (Lipinski definition) is 4. The number of carbonyl (C=O) groups is 2. The van der Waals surface area contributed by atoms with Crippen LogP contribution in [0.4, 0.5) is 0 Å². The molecular formula is C18H24Cl2O6. The zero-order chi connectivity index (χ0) is 19.9. The monoisotopic (exact) mass is 406 g/mol. The highest BCUT2D eigenvalue weighted by molar-refractivity contribution is 6.35. The Morgan fingerprint density at radius 3 is 2.35 bits per heavy atom. The van der Waals surface area contributed by atoms with Crippen LogP contribution in [-0.2, 0) is 9.59 Å². The number of halogens is 2. The molecule has 0 spiro atoms. The molecule has 1 aromatic rings. The Morgan fingerprint density at radius 1 is 1.19 bits per heavy atom. The number of unbranched alkanes of at least 4 members (excludes halogenated alkanes) is 2. The highest BCUT2D eigenvalue weighted by atomic mass is 35.5. The normalized spacial score (nSPS) is 15.9. The lowest BCUT2D eigenvalue weighted by Gasteiger charge is -2.30. The highest BCUT2D eigenvalue weighted by Gasteiger charge is 2.42. The van der Waals surface area contributed by atoms with Gasteiger partial charge in [-0.2, -0.15) is 0 Å². The molecule has 0 heterocycles. The van der Waals surface area contributed by atoms with Crippen molar-refractivity contribution in [2.45, 2.75) is 63.1 Å². The second-order valence-electron chi connectivity index (χ2n) is 6.45. The van der Waals surface area contributed by atoms with Crippen molar-refractivity contribution in [2.75, 3.05) is 0 Å². The van der Waals surface area contributed by atoms with E-state index >= 15 is 0 Å². The first kappa shape index (κ1) is 22.7. The molecular weight excluding hydrogens is 383 g/mol. The molecule has 146 valence electrons. The highest BCUT2D eigenvalue weighted by Crippen LogP contribution is 2.36. The Labute approximate surface area is 162 Å². The molecule has 6 nitrogen and oxygen atoms in total. The van der Waals surface area contributed by atoms with Gasteiger partial charge >= 0.3 is 11.9 Å². The van der Waals surface area contributed by atoms with Crippen molar-refractivity contribution >= 4 is 35.1 Å². The van der Waals surface area contributed by atoms with Crippen LogP contribution in [0, 0.1) is 0 Å². The van der Waals surface area contributed by atoms with E-state index in [1.54, 1.807) is 12.1 Å². The van der Waals surface area contributed by atoms with Crippen molar-refractivity contribution in [3.05, 3.63) is 33.8 Å². The molecule has 0 saturated heterocycles. The number of aliphatic hydroxyl groups excluding tert-OH is 1. The van der Waals surface area contributed by atoms with Gasteiger partial charge in [0.2, 0.25) is 0 Å². The molecule has 1 rings (SSSR count). The molecule has 8 heteroatoms. The lowest BCUT2D eigenvalue weighted by Crippen LogP contribution is -2.44. The largest absolute Gasteiger partial charge is 0.481 e. The SMILES string of the molecule is CCCCCC(c1ccc(Cl)cc1Cl)[C@@H](O)C[C@](O)(CC(=O)O)C(=O)O. The van der Waals surface area contributed by atoms with E-state index in [0.29, 0.717) is 22.0 Å². The van der Waals surface area contributed by atoms with Crippen LogP contribution < -0.4 is 0 Å². The number of hydrogen-bond acceptors (Lipinski definition) is 4. The fourth-order valence-corrected chi connectivity index (χ4v) is 3.49. The second-order valence-corrected chi connectivity index (χ2v) is 7.29. The zero-order valence-electron chi connectivity index (χ0n) is 14.5. The number of rotatable bonds is 11. The summed E-state index contributed by atoms with van der Waals surface area (Å²) < 4.78 is 0. The molecule has 3 atom stereocenters. The van der Waals surface area contributed by atoms with Crippen LogP contribution in [-0.4, -0.2) is 44.1 Å². The summed E-state index contributed by atoms with van der Waals surface area (Å²) in [5.74, 6) is -3.70. The summed E-state index contributed by atoms with van der Waals surface area (Å²) in [6.45, 7) is 2.02. The summed E-state index contributed by atoms with van der Waals surface area (Å²) in [5, 5.41) is 39.7. The predicted molar refractivity (Wildman–Crippen MR) is 98.8 cm³/mol. The molecule has 0 aromatic heterocycles. The standard InChI is InChI=1S/C18H24Cl2O6/c1-2-3-4-5-13(12-7-6-11(19)8-14(12)20)15(21)9-18(26,17(24)25)10-16(22)23/h6-8,13,15,21,26H,2-5,9-10H2,1H3,(H,22,23)(H,24,25)/t13?,15-,18-/m0/s1. The zero-order valence-corrected chi connectivity index (χ0v) is 16.0. The van der Waals surface area contributed by atoms with Crippen LogP contribution in [0.25, 0.3) is 0 Å². The lowest BCUT2D eigenvalue weighted by molar-refractivity contribution is -0.169. The molecule has 0 fully saturated rings. The molecule has 0 amide bonds. The van der Waals surface area contributed by atoms with Crippen molar-refractivity contribution < 1.29 is 30.0 Å². The van der Waals surface area contributed by atoms with Gasteiger partial charge in [0.25, 0.3) is 0 Å². The van der Waals surface area contributed by atoms with Crippen molar-refractivity contribution in [2.24, 2.45) is 0 Å². The number of carboxylic acid groups (broad SMARTS) is 2. The lowest BCUT2D eigenvalue weighted by atomic mass is 9.81. The van der Waals surface area contributed by atoms with E-state index in [0.717, 1.165) is 19.3 Å². The van der Waals surface area contributed by atoms with Crippen LogP contribution in [0.15, 0.2) is 18.2 Å². The van der Waals surface area contributed by atoms with Gasteiger partial charge in [-0.3, -0.25) is 4.79 Å². The molecule has 0 bridgehead atoms. The molecule has 1 aromatic carbocycles. The quantitative estimate of drug-likeness (QED) is 0.416. The first-order chi connectivity index (χ1) is 12.1. The Kier molecular flexibility index (Phi) is 8.83. The van der Waals surface area contributed by atoms with Crippen LogP contribution in [0.5, 0.6) is 0 Å². The van der Waals surface area contributed by atoms with E-state index in [1.807, 2.05) is 6.92 Å². The fourth-order valence-electron chi connectivity index (χ4n) is 2.95. The molecule has 0 aliphatic heterocycles. The van der Waals surface area contributed by atoms with Crippen molar-refractivity contribution in [3.63, 3.8) is 0 Å². The molecule has 26 heavy (non-hydrogen) atoms. The van der Waals surface area contributed by atoms with Gasteiger partial charge in [0, 0.05) is 22.4 Å². The topological polar surface area (TPSA) is 115 Å². The van der Waals surface area contributed by atoms with E-state index < -0.39 is 42.4 Å². The van der Waals surface area contributed by atoms with Gasteiger partial charge < -0.3 is 20.4 Å². The van der Waals surface area contributed by atoms with Gasteiger partial charge in [-0.05, 0) is 24.1 Å². The maximum Gasteiger partial charge on any atom is 0.336 e. The van der Waals surface area contributed by atoms with Crippen molar-refractivity contribution in [3.8, 4) is 0 Å². The molecule has 1 unspecified atom stereocenters. The Morgan fingerprint density at radius 2 is 1.85 bits per heavy atom. The Hall–Kier alpha value is -1.34. The van der Waals surface area contributed by atoms with E-state index in [1.165, 1.54) is 6.07 Å². The van der Waals surface area contributed by atoms with Gasteiger partial charge in [0.1, 0.15) is 0 Å². The summed E-state index contributed by atoms with van der Waals surface area (Å²) in [7, 11) is 0. The second kappa shape index (κ2) is 10.1. The van der Waals surface area contributed by atoms with E-state index in [-0.39, 0.29) is 0 Å². The van der Waals surface area contributed by atoms with Crippen molar-refractivity contribution in [1.82, 2.24) is 0 Å². The van der Waals surface area contributed by atoms with Gasteiger partial charge in [0.15, 0.2) is 5.60 Å². The minimum absolute atomic E-state index is 0.329. The minimum Gasteiger partial charge on any atom is -0.481 e. The van der Waals surface area contributed by atoms with E-state index in [9.17, 15) is 24.9 Å². The summed E-state index contributed by atoms with van der Waals surface area (Å²) in [5.41, 5.74) is -1.98. The van der Waals surface area contributed by atoms with Gasteiger partial charge in [-0.25, -0.2) is 4.79 Å². The summed E-state index contributed by atoms with van der Waals surface area (Å²) in [6.07, 6.45) is 0.230. The third kappa shape index (κ3) is 6.43. The minimum atomic E-state index is -2.56. The molecule has 0 saturated carbocycles. The molecule has 0 aliphatic carbocycles. The first-order valence-electron chi connectivity index (χ1n) is 8.41. The van der Waals surface area contributed by atoms with E-state index in [4.69, 9.17) is 28.3 Å². The maximum atomic E-state index is 11.4. The smallest absolute Gasteiger partial charge is 0.336 e. The van der Waals surface area contributed by atoms with Crippen LogP contribution in [0.3, 0.4) is 0 Å². The number of benzene rings is 1. The summed E-state index contributed by atoms with van der Waals surface area (Å²) >= 11 is 12.1. The Bertz CT molecular complexity index is 636. The van der Waals surface area contributed by atoms with Gasteiger partial charge in [0.05, 0.1) is 12.5 Å². The summed E-state index contributed by atoms with van der Waals surface area (Å²) in [4.78, 5) is 22.3. The number of aliphatic carboxylic acids is 2. The van der Waals surface area contributed by atoms with Gasteiger partial charge in [-0.1, -0.05) is 55.5 Å². The number of aliphatic hydroxyl groups is 2. The van der Waals surface area contributed by atoms with Crippen LogP contribution in [0.2, 0.25) is 10.0 Å².